The Morgan fingerprint density at radius 1 is 1.27 bits per heavy atom. The molecule has 26 heavy (non-hydrogen) atoms. The molecule has 6 heteroatoms. The summed E-state index contributed by atoms with van der Waals surface area (Å²) >= 11 is 3.48. The Morgan fingerprint density at radius 3 is 2.50 bits per heavy atom. The van der Waals surface area contributed by atoms with E-state index in [0.717, 1.165) is 49.2 Å². The second-order valence-corrected chi connectivity index (χ2v) is 8.24. The highest BCUT2D eigenvalue weighted by atomic mass is 79.9. The van der Waals surface area contributed by atoms with Crippen LogP contribution >= 0.6 is 15.9 Å². The van der Waals surface area contributed by atoms with E-state index in [1.54, 1.807) is 4.68 Å². The van der Waals surface area contributed by atoms with E-state index in [9.17, 15) is 4.79 Å². The van der Waals surface area contributed by atoms with E-state index in [1.807, 2.05) is 32.0 Å². The van der Waals surface area contributed by atoms with E-state index in [0.29, 0.717) is 11.6 Å². The van der Waals surface area contributed by atoms with E-state index >= 15 is 0 Å². The Bertz CT molecular complexity index is 728. The minimum atomic E-state index is 0.0194. The Kier molecular flexibility index (Phi) is 6.14. The van der Waals surface area contributed by atoms with Crippen molar-refractivity contribution in [2.75, 3.05) is 26.7 Å². The lowest BCUT2D eigenvalue weighted by Crippen LogP contribution is -2.39. The van der Waals surface area contributed by atoms with Crippen molar-refractivity contribution in [1.29, 1.82) is 0 Å². The van der Waals surface area contributed by atoms with Crippen LogP contribution in [0.25, 0.3) is 0 Å². The minimum absolute atomic E-state index is 0.0194. The SMILES string of the molecule is Cc1cc(C(=O)N(C)CC2CCN(Cc3ccc(Br)cc3)CC2)nn1C. The number of hydrogen-bond donors (Lipinski definition) is 0. The maximum absolute atomic E-state index is 12.6. The molecule has 1 amide bonds. The third kappa shape index (κ3) is 4.74. The number of carbonyl (C=O) groups excluding carboxylic acids is 1. The lowest BCUT2D eigenvalue weighted by atomic mass is 9.96. The molecular formula is C20H27BrN4O. The maximum Gasteiger partial charge on any atom is 0.274 e. The number of aromatic nitrogens is 2. The number of amides is 1. The second kappa shape index (κ2) is 8.35. The first-order valence-electron chi connectivity index (χ1n) is 9.15. The van der Waals surface area contributed by atoms with Gasteiger partial charge in [-0.15, -0.1) is 0 Å². The molecular weight excluding hydrogens is 392 g/mol. The van der Waals surface area contributed by atoms with Crippen molar-refractivity contribution in [3.05, 3.63) is 51.8 Å². The highest BCUT2D eigenvalue weighted by molar-refractivity contribution is 9.10. The molecule has 0 unspecified atom stereocenters. The van der Waals surface area contributed by atoms with E-state index in [1.165, 1.54) is 5.56 Å². The number of benzene rings is 1. The average Bonchev–Trinajstić information content (AvgIpc) is 2.97. The Hall–Kier alpha value is -1.66. The first-order valence-corrected chi connectivity index (χ1v) is 9.94. The smallest absolute Gasteiger partial charge is 0.274 e. The maximum atomic E-state index is 12.6. The molecule has 140 valence electrons. The van der Waals surface area contributed by atoms with E-state index in [-0.39, 0.29) is 5.91 Å². The summed E-state index contributed by atoms with van der Waals surface area (Å²) in [6.45, 7) is 5.95. The Labute approximate surface area is 164 Å². The lowest BCUT2D eigenvalue weighted by molar-refractivity contribution is 0.0731. The fourth-order valence-electron chi connectivity index (χ4n) is 3.51. The van der Waals surface area contributed by atoms with Gasteiger partial charge in [-0.05, 0) is 62.5 Å². The number of carbonyl (C=O) groups is 1. The molecule has 0 bridgehead atoms. The van der Waals surface area contributed by atoms with Crippen LogP contribution in [-0.2, 0) is 13.6 Å². The van der Waals surface area contributed by atoms with Gasteiger partial charge in [-0.3, -0.25) is 14.4 Å². The number of halogens is 1. The van der Waals surface area contributed by atoms with Gasteiger partial charge in [0.25, 0.3) is 5.91 Å². The number of nitrogens with zero attached hydrogens (tertiary/aromatic N) is 4. The van der Waals surface area contributed by atoms with Gasteiger partial charge in [0.1, 0.15) is 0 Å². The number of aryl methyl sites for hydroxylation is 2. The molecule has 2 aromatic rings. The predicted octanol–water partition coefficient (Wildman–Crippen LogP) is 3.48. The number of likely N-dealkylation sites (tertiary alicyclic amines) is 1. The van der Waals surface area contributed by atoms with Crippen LogP contribution in [0.3, 0.4) is 0 Å². The molecule has 2 heterocycles. The van der Waals surface area contributed by atoms with Crippen LogP contribution in [-0.4, -0.2) is 52.2 Å². The van der Waals surface area contributed by atoms with Crippen molar-refractivity contribution in [3.63, 3.8) is 0 Å². The monoisotopic (exact) mass is 418 g/mol. The van der Waals surface area contributed by atoms with Crippen molar-refractivity contribution >= 4 is 21.8 Å². The molecule has 1 aliphatic rings. The molecule has 1 aromatic carbocycles. The van der Waals surface area contributed by atoms with Crippen molar-refractivity contribution < 1.29 is 4.79 Å². The fourth-order valence-corrected chi connectivity index (χ4v) is 3.77. The Balaban J connectivity index is 1.47. The van der Waals surface area contributed by atoms with Gasteiger partial charge in [-0.2, -0.15) is 5.10 Å². The first-order chi connectivity index (χ1) is 12.4. The van der Waals surface area contributed by atoms with Crippen LogP contribution in [0.4, 0.5) is 0 Å². The topological polar surface area (TPSA) is 41.4 Å². The summed E-state index contributed by atoms with van der Waals surface area (Å²) < 4.78 is 2.87. The fraction of sp³-hybridized carbons (Fsp3) is 0.500. The molecule has 0 N–H and O–H groups in total. The van der Waals surface area contributed by atoms with Crippen LogP contribution in [0, 0.1) is 12.8 Å². The predicted molar refractivity (Wildman–Crippen MR) is 107 cm³/mol. The van der Waals surface area contributed by atoms with Crippen molar-refractivity contribution in [2.24, 2.45) is 13.0 Å². The van der Waals surface area contributed by atoms with Crippen LogP contribution < -0.4 is 0 Å². The molecule has 0 spiro atoms. The normalized spacial score (nSPS) is 16.0. The van der Waals surface area contributed by atoms with Crippen LogP contribution in [0.1, 0.15) is 34.6 Å². The van der Waals surface area contributed by atoms with Gasteiger partial charge in [0.05, 0.1) is 0 Å². The zero-order valence-corrected chi connectivity index (χ0v) is 17.4. The largest absolute Gasteiger partial charge is 0.340 e. The molecule has 1 saturated heterocycles. The molecule has 1 aromatic heterocycles. The van der Waals surface area contributed by atoms with Crippen molar-refractivity contribution in [1.82, 2.24) is 19.6 Å². The van der Waals surface area contributed by atoms with Crippen LogP contribution in [0.2, 0.25) is 0 Å². The van der Waals surface area contributed by atoms with E-state index in [2.05, 4.69) is 50.2 Å². The summed E-state index contributed by atoms with van der Waals surface area (Å²) in [4.78, 5) is 16.9. The molecule has 0 saturated carbocycles. The molecule has 0 radical (unpaired) electrons. The summed E-state index contributed by atoms with van der Waals surface area (Å²) in [7, 11) is 3.76. The molecule has 1 fully saturated rings. The third-order valence-electron chi connectivity index (χ3n) is 5.24. The summed E-state index contributed by atoms with van der Waals surface area (Å²) in [5, 5.41) is 4.30. The highest BCUT2D eigenvalue weighted by Gasteiger charge is 2.23. The quantitative estimate of drug-likeness (QED) is 0.745. The zero-order valence-electron chi connectivity index (χ0n) is 15.8. The van der Waals surface area contributed by atoms with Gasteiger partial charge in [-0.25, -0.2) is 0 Å². The van der Waals surface area contributed by atoms with Crippen molar-refractivity contribution in [2.45, 2.75) is 26.3 Å². The van der Waals surface area contributed by atoms with Gasteiger partial charge in [0.2, 0.25) is 0 Å². The summed E-state index contributed by atoms with van der Waals surface area (Å²) in [6.07, 6.45) is 2.27. The van der Waals surface area contributed by atoms with E-state index < -0.39 is 0 Å². The van der Waals surface area contributed by atoms with Crippen LogP contribution in [0.15, 0.2) is 34.8 Å². The molecule has 5 nitrogen and oxygen atoms in total. The third-order valence-corrected chi connectivity index (χ3v) is 5.77. The van der Waals surface area contributed by atoms with E-state index in [4.69, 9.17) is 0 Å². The standard InChI is InChI=1S/C20H27BrN4O/c1-15-12-19(22-24(15)3)20(26)23(2)13-17-8-10-25(11-9-17)14-16-4-6-18(21)7-5-16/h4-7,12,17H,8-11,13-14H2,1-3H3. The summed E-state index contributed by atoms with van der Waals surface area (Å²) in [6, 6.07) is 10.4. The summed E-state index contributed by atoms with van der Waals surface area (Å²) in [5.74, 6) is 0.584. The van der Waals surface area contributed by atoms with Crippen LogP contribution in [0.5, 0.6) is 0 Å². The van der Waals surface area contributed by atoms with Gasteiger partial charge >= 0.3 is 0 Å². The van der Waals surface area contributed by atoms with Gasteiger partial charge in [0, 0.05) is 37.4 Å². The molecule has 0 atom stereocenters. The molecule has 0 aliphatic carbocycles. The second-order valence-electron chi connectivity index (χ2n) is 7.33. The van der Waals surface area contributed by atoms with Gasteiger partial charge < -0.3 is 4.90 Å². The number of piperidine rings is 1. The minimum Gasteiger partial charge on any atom is -0.340 e. The molecule has 1 aliphatic heterocycles. The van der Waals surface area contributed by atoms with Crippen molar-refractivity contribution in [3.8, 4) is 0 Å². The van der Waals surface area contributed by atoms with Gasteiger partial charge in [-0.1, -0.05) is 28.1 Å². The molecule has 3 rings (SSSR count). The average molecular weight is 419 g/mol. The Morgan fingerprint density at radius 2 is 1.92 bits per heavy atom. The first kappa shape index (κ1) is 19.1. The highest BCUT2D eigenvalue weighted by Crippen LogP contribution is 2.21. The summed E-state index contributed by atoms with van der Waals surface area (Å²) in [5.41, 5.74) is 2.90. The van der Waals surface area contributed by atoms with Gasteiger partial charge in [0.15, 0.2) is 5.69 Å². The zero-order chi connectivity index (χ0) is 18.7. The lowest BCUT2D eigenvalue weighted by Gasteiger charge is -2.33. The number of hydrogen-bond acceptors (Lipinski definition) is 3. The number of rotatable bonds is 5.